The lowest BCUT2D eigenvalue weighted by Gasteiger charge is -2.22. The van der Waals surface area contributed by atoms with Gasteiger partial charge in [0.1, 0.15) is 5.60 Å². The van der Waals surface area contributed by atoms with Crippen LogP contribution in [0.5, 0.6) is 0 Å². The Bertz CT molecular complexity index is 1160. The molecular formula is C20H19N3O3S2. The van der Waals surface area contributed by atoms with E-state index in [0.717, 1.165) is 15.8 Å². The van der Waals surface area contributed by atoms with Crippen LogP contribution in [0.4, 0.5) is 0 Å². The Balaban J connectivity index is 1.51. The van der Waals surface area contributed by atoms with Gasteiger partial charge in [-0.1, -0.05) is 18.2 Å². The lowest BCUT2D eigenvalue weighted by molar-refractivity contribution is 0.0666. The van der Waals surface area contributed by atoms with E-state index in [2.05, 4.69) is 9.82 Å². The molecule has 0 saturated carbocycles. The number of aliphatic hydroxyl groups is 1. The molecule has 0 radical (unpaired) electrons. The average molecular weight is 414 g/mol. The summed E-state index contributed by atoms with van der Waals surface area (Å²) in [6.45, 7) is 1.49. The number of nitrogens with zero attached hydrogens (tertiary/aromatic N) is 2. The summed E-state index contributed by atoms with van der Waals surface area (Å²) in [7, 11) is -3.75. The maximum absolute atomic E-state index is 12.6. The second kappa shape index (κ2) is 7.14. The van der Waals surface area contributed by atoms with Crippen LogP contribution in [0.3, 0.4) is 0 Å². The summed E-state index contributed by atoms with van der Waals surface area (Å²) in [6, 6.07) is 17.9. The minimum Gasteiger partial charge on any atom is -0.383 e. The molecule has 1 unspecified atom stereocenters. The van der Waals surface area contributed by atoms with Gasteiger partial charge in [0.2, 0.25) is 10.0 Å². The number of thiophene rings is 1. The number of nitrogens with one attached hydrogen (secondary N) is 1. The number of hydrogen-bond donors (Lipinski definition) is 2. The van der Waals surface area contributed by atoms with Crippen molar-refractivity contribution in [3.8, 4) is 5.69 Å². The molecule has 0 fully saturated rings. The van der Waals surface area contributed by atoms with E-state index in [4.69, 9.17) is 0 Å². The maximum Gasteiger partial charge on any atom is 0.240 e. The SMILES string of the molecule is CC(O)(CNS(=O)(=O)c1ccc(-n2cccn2)cc1)c1cc2ccccc2s1. The van der Waals surface area contributed by atoms with E-state index in [9.17, 15) is 13.5 Å². The van der Waals surface area contributed by atoms with E-state index >= 15 is 0 Å². The van der Waals surface area contributed by atoms with E-state index in [1.54, 1.807) is 42.2 Å². The predicted molar refractivity (Wildman–Crippen MR) is 110 cm³/mol. The molecule has 0 saturated heterocycles. The van der Waals surface area contributed by atoms with Crippen LogP contribution >= 0.6 is 11.3 Å². The van der Waals surface area contributed by atoms with Crippen molar-refractivity contribution in [1.82, 2.24) is 14.5 Å². The Labute approximate surface area is 167 Å². The number of aromatic nitrogens is 2. The van der Waals surface area contributed by atoms with Gasteiger partial charge in [-0.15, -0.1) is 11.3 Å². The van der Waals surface area contributed by atoms with Crippen molar-refractivity contribution in [1.29, 1.82) is 0 Å². The van der Waals surface area contributed by atoms with Gasteiger partial charge >= 0.3 is 0 Å². The molecule has 4 aromatic rings. The van der Waals surface area contributed by atoms with E-state index in [0.29, 0.717) is 4.88 Å². The molecule has 0 bridgehead atoms. The number of benzene rings is 2. The first kappa shape index (κ1) is 18.8. The zero-order chi connectivity index (χ0) is 19.8. The molecule has 0 aliphatic carbocycles. The summed E-state index contributed by atoms with van der Waals surface area (Å²) < 4.78 is 30.5. The van der Waals surface area contributed by atoms with Crippen LogP contribution in [0, 0.1) is 0 Å². The van der Waals surface area contributed by atoms with Crippen LogP contribution in [-0.4, -0.2) is 29.8 Å². The van der Waals surface area contributed by atoms with Crippen LogP contribution in [0.15, 0.2) is 78.0 Å². The van der Waals surface area contributed by atoms with Crippen molar-refractivity contribution in [3.05, 3.63) is 77.9 Å². The van der Waals surface area contributed by atoms with E-state index in [-0.39, 0.29) is 11.4 Å². The molecule has 2 aromatic carbocycles. The normalized spacial score (nSPS) is 14.2. The third-order valence-electron chi connectivity index (χ3n) is 4.48. The van der Waals surface area contributed by atoms with Crippen LogP contribution in [-0.2, 0) is 15.6 Å². The summed E-state index contributed by atoms with van der Waals surface area (Å²) in [5.41, 5.74) is -0.549. The Morgan fingerprint density at radius 1 is 1.14 bits per heavy atom. The van der Waals surface area contributed by atoms with Gasteiger partial charge in [-0.3, -0.25) is 0 Å². The highest BCUT2D eigenvalue weighted by Gasteiger charge is 2.28. The zero-order valence-electron chi connectivity index (χ0n) is 15.1. The summed E-state index contributed by atoms with van der Waals surface area (Å²) >= 11 is 1.46. The monoisotopic (exact) mass is 413 g/mol. The van der Waals surface area contributed by atoms with Gasteiger partial charge in [0.05, 0.1) is 10.6 Å². The van der Waals surface area contributed by atoms with Crippen molar-refractivity contribution in [2.45, 2.75) is 17.4 Å². The molecular weight excluding hydrogens is 394 g/mol. The molecule has 0 amide bonds. The van der Waals surface area contributed by atoms with E-state index < -0.39 is 15.6 Å². The highest BCUT2D eigenvalue weighted by molar-refractivity contribution is 7.89. The van der Waals surface area contributed by atoms with Gasteiger partial charge in [-0.25, -0.2) is 17.8 Å². The largest absolute Gasteiger partial charge is 0.383 e. The van der Waals surface area contributed by atoms with Gasteiger partial charge in [0, 0.05) is 28.5 Å². The molecule has 2 N–H and O–H groups in total. The molecule has 0 spiro atoms. The predicted octanol–water partition coefficient (Wildman–Crippen LogP) is 3.27. The molecule has 144 valence electrons. The summed E-state index contributed by atoms with van der Waals surface area (Å²) in [6.07, 6.45) is 3.44. The fourth-order valence-electron chi connectivity index (χ4n) is 2.85. The number of fused-ring (bicyclic) bond motifs is 1. The molecule has 0 aliphatic rings. The highest BCUT2D eigenvalue weighted by atomic mass is 32.2. The standard InChI is InChI=1S/C20H19N3O3S2/c1-20(24,19-13-15-5-2-3-6-18(15)27-19)14-22-28(25,26)17-9-7-16(8-10-17)23-12-4-11-21-23/h2-13,22,24H,14H2,1H3. The fourth-order valence-corrected chi connectivity index (χ4v) is 5.09. The summed E-state index contributed by atoms with van der Waals surface area (Å²) in [5.74, 6) is 0. The van der Waals surface area contributed by atoms with E-state index in [1.165, 1.54) is 23.5 Å². The second-order valence-corrected chi connectivity index (χ2v) is 9.54. The molecule has 4 rings (SSSR count). The zero-order valence-corrected chi connectivity index (χ0v) is 16.7. The minimum absolute atomic E-state index is 0.122. The maximum atomic E-state index is 12.6. The van der Waals surface area contributed by atoms with Crippen LogP contribution in [0.2, 0.25) is 0 Å². The smallest absolute Gasteiger partial charge is 0.240 e. The van der Waals surface area contributed by atoms with Crippen LogP contribution < -0.4 is 4.72 Å². The number of sulfonamides is 1. The lowest BCUT2D eigenvalue weighted by Crippen LogP contribution is -2.38. The molecule has 0 aliphatic heterocycles. The van der Waals surface area contributed by atoms with Crippen molar-refractivity contribution >= 4 is 31.4 Å². The molecule has 6 nitrogen and oxygen atoms in total. The number of rotatable bonds is 6. The Morgan fingerprint density at radius 2 is 1.89 bits per heavy atom. The van der Waals surface area contributed by atoms with Crippen LogP contribution in [0.25, 0.3) is 15.8 Å². The minimum atomic E-state index is -3.75. The summed E-state index contributed by atoms with van der Waals surface area (Å²) in [4.78, 5) is 0.848. The molecule has 28 heavy (non-hydrogen) atoms. The summed E-state index contributed by atoms with van der Waals surface area (Å²) in [5, 5.41) is 16.0. The first-order valence-electron chi connectivity index (χ1n) is 8.66. The molecule has 2 heterocycles. The van der Waals surface area contributed by atoms with Gasteiger partial charge in [-0.05, 0) is 54.8 Å². The number of hydrogen-bond acceptors (Lipinski definition) is 5. The fraction of sp³-hybridized carbons (Fsp3) is 0.150. The quantitative estimate of drug-likeness (QED) is 0.508. The topological polar surface area (TPSA) is 84.2 Å². The third-order valence-corrected chi connectivity index (χ3v) is 7.27. The van der Waals surface area contributed by atoms with Crippen molar-refractivity contribution < 1.29 is 13.5 Å². The third kappa shape index (κ3) is 3.72. The van der Waals surface area contributed by atoms with Gasteiger partial charge < -0.3 is 5.11 Å². The van der Waals surface area contributed by atoms with Gasteiger partial charge in [-0.2, -0.15) is 5.10 Å². The molecule has 8 heteroatoms. The van der Waals surface area contributed by atoms with Gasteiger partial charge in [0.15, 0.2) is 0 Å². The van der Waals surface area contributed by atoms with Crippen molar-refractivity contribution in [2.75, 3.05) is 6.54 Å². The Hall–Kier alpha value is -2.52. The Kier molecular flexibility index (Phi) is 4.80. The van der Waals surface area contributed by atoms with Crippen molar-refractivity contribution in [2.24, 2.45) is 0 Å². The van der Waals surface area contributed by atoms with Crippen molar-refractivity contribution in [3.63, 3.8) is 0 Å². The Morgan fingerprint density at radius 3 is 2.57 bits per heavy atom. The second-order valence-electron chi connectivity index (χ2n) is 6.69. The lowest BCUT2D eigenvalue weighted by atomic mass is 10.1. The highest BCUT2D eigenvalue weighted by Crippen LogP contribution is 2.33. The first-order valence-corrected chi connectivity index (χ1v) is 11.0. The first-order chi connectivity index (χ1) is 13.4. The molecule has 2 aromatic heterocycles. The van der Waals surface area contributed by atoms with E-state index in [1.807, 2.05) is 30.3 Å². The molecule has 1 atom stereocenters. The average Bonchev–Trinajstić information content (AvgIpc) is 3.37. The van der Waals surface area contributed by atoms with Crippen LogP contribution in [0.1, 0.15) is 11.8 Å². The van der Waals surface area contributed by atoms with Gasteiger partial charge in [0.25, 0.3) is 0 Å².